The van der Waals surface area contributed by atoms with E-state index in [4.69, 9.17) is 23.2 Å². The number of amides is 2. The molecule has 1 aliphatic carbocycles. The van der Waals surface area contributed by atoms with E-state index in [-0.39, 0.29) is 30.6 Å². The Hall–Kier alpha value is -2.40. The van der Waals surface area contributed by atoms with Crippen molar-refractivity contribution in [3.8, 4) is 0 Å². The predicted molar refractivity (Wildman–Crippen MR) is 148 cm³/mol. The number of rotatable bonds is 11. The molecule has 3 rings (SSSR count). The van der Waals surface area contributed by atoms with Crippen LogP contribution in [0.15, 0.2) is 42.5 Å². The van der Waals surface area contributed by atoms with Gasteiger partial charge in [0.1, 0.15) is 18.4 Å². The first-order valence-electron chi connectivity index (χ1n) is 12.4. The highest BCUT2D eigenvalue weighted by Gasteiger charge is 2.35. The third kappa shape index (κ3) is 7.16. The molecular formula is C26H33Cl2FN4O4S. The fourth-order valence-corrected chi connectivity index (χ4v) is 6.01. The third-order valence-electron chi connectivity index (χ3n) is 6.58. The largest absolute Gasteiger partial charge is 0.352 e. The van der Waals surface area contributed by atoms with Crippen molar-refractivity contribution in [2.75, 3.05) is 24.9 Å². The highest BCUT2D eigenvalue weighted by molar-refractivity contribution is 7.90. The second-order valence-electron chi connectivity index (χ2n) is 9.42. The number of anilines is 1. The Labute approximate surface area is 233 Å². The first kappa shape index (κ1) is 30.1. The number of carbonyl (C=O) groups excluding carboxylic acids is 2. The molecule has 2 aromatic rings. The second kappa shape index (κ2) is 13.1. The smallest absolute Gasteiger partial charge is 0.304 e. The second-order valence-corrected chi connectivity index (χ2v) is 12.3. The van der Waals surface area contributed by atoms with Gasteiger partial charge in [0.25, 0.3) is 0 Å². The van der Waals surface area contributed by atoms with E-state index in [9.17, 15) is 22.4 Å². The number of hydrogen-bond acceptors (Lipinski definition) is 4. The minimum absolute atomic E-state index is 0.0247. The van der Waals surface area contributed by atoms with Crippen LogP contribution in [0, 0.1) is 5.82 Å². The van der Waals surface area contributed by atoms with Gasteiger partial charge in [-0.05, 0) is 49.1 Å². The summed E-state index contributed by atoms with van der Waals surface area (Å²) in [6, 6.07) is 9.23. The van der Waals surface area contributed by atoms with Gasteiger partial charge in [0.15, 0.2) is 0 Å². The lowest BCUT2D eigenvalue weighted by atomic mass is 10.1. The van der Waals surface area contributed by atoms with Crippen LogP contribution in [0.5, 0.6) is 0 Å². The molecule has 0 spiro atoms. The van der Waals surface area contributed by atoms with Crippen LogP contribution < -0.4 is 9.62 Å². The van der Waals surface area contributed by atoms with Crippen LogP contribution in [-0.4, -0.2) is 62.2 Å². The van der Waals surface area contributed by atoms with E-state index in [1.165, 1.54) is 43.3 Å². The van der Waals surface area contributed by atoms with E-state index < -0.39 is 34.5 Å². The van der Waals surface area contributed by atoms with Gasteiger partial charge in [0, 0.05) is 36.7 Å². The van der Waals surface area contributed by atoms with Crippen molar-refractivity contribution >= 4 is 50.9 Å². The van der Waals surface area contributed by atoms with Crippen LogP contribution >= 0.6 is 23.2 Å². The van der Waals surface area contributed by atoms with E-state index in [0.717, 1.165) is 36.1 Å². The molecule has 8 nitrogen and oxygen atoms in total. The van der Waals surface area contributed by atoms with Crippen LogP contribution in [0.3, 0.4) is 0 Å². The Morgan fingerprint density at radius 3 is 2.34 bits per heavy atom. The summed E-state index contributed by atoms with van der Waals surface area (Å²) in [6.07, 6.45) is 4.04. The molecule has 1 N–H and O–H groups in total. The highest BCUT2D eigenvalue weighted by atomic mass is 35.5. The summed E-state index contributed by atoms with van der Waals surface area (Å²) in [5.74, 6) is -1.81. The van der Waals surface area contributed by atoms with E-state index in [1.54, 1.807) is 19.1 Å². The molecule has 0 saturated heterocycles. The summed E-state index contributed by atoms with van der Waals surface area (Å²) < 4.78 is 42.8. The zero-order valence-electron chi connectivity index (χ0n) is 21.7. The first-order valence-corrected chi connectivity index (χ1v) is 14.6. The monoisotopic (exact) mass is 586 g/mol. The number of halogens is 3. The van der Waals surface area contributed by atoms with Gasteiger partial charge in [-0.25, -0.2) is 8.70 Å². The summed E-state index contributed by atoms with van der Waals surface area (Å²) in [7, 11) is -1.68. The van der Waals surface area contributed by atoms with E-state index in [0.29, 0.717) is 19.9 Å². The lowest BCUT2D eigenvalue weighted by molar-refractivity contribution is -0.140. The SMILES string of the molecule is CC[C@H](C(=O)NC1CCCC1)N(Cc1ccc(Cl)cc1Cl)C(=O)CN(c1ccccc1F)S(=O)(=O)N(C)C. The van der Waals surface area contributed by atoms with Crippen LogP contribution in [0.4, 0.5) is 10.1 Å². The molecular weight excluding hydrogens is 554 g/mol. The topological polar surface area (TPSA) is 90.0 Å². The fraction of sp³-hybridized carbons (Fsp3) is 0.462. The number of nitrogens with zero attached hydrogens (tertiary/aromatic N) is 3. The van der Waals surface area contributed by atoms with Crippen molar-refractivity contribution < 1.29 is 22.4 Å². The molecule has 0 unspecified atom stereocenters. The minimum atomic E-state index is -4.27. The Morgan fingerprint density at radius 1 is 1.11 bits per heavy atom. The third-order valence-corrected chi connectivity index (χ3v) is 8.98. The summed E-state index contributed by atoms with van der Waals surface area (Å²) >= 11 is 12.4. The van der Waals surface area contributed by atoms with Crippen LogP contribution in [0.25, 0.3) is 0 Å². The minimum Gasteiger partial charge on any atom is -0.352 e. The number of nitrogens with one attached hydrogen (secondary N) is 1. The van der Waals surface area contributed by atoms with Crippen LogP contribution in [0.1, 0.15) is 44.6 Å². The van der Waals surface area contributed by atoms with Crippen molar-refractivity contribution in [1.29, 1.82) is 0 Å². The molecule has 2 aromatic carbocycles. The van der Waals surface area contributed by atoms with Crippen LogP contribution in [0.2, 0.25) is 10.0 Å². The molecule has 0 aromatic heterocycles. The molecule has 208 valence electrons. The maximum Gasteiger partial charge on any atom is 0.304 e. The molecule has 0 radical (unpaired) electrons. The van der Waals surface area contributed by atoms with Gasteiger partial charge in [-0.1, -0.05) is 61.2 Å². The molecule has 2 amide bonds. The zero-order valence-corrected chi connectivity index (χ0v) is 24.0. The highest BCUT2D eigenvalue weighted by Crippen LogP contribution is 2.27. The van der Waals surface area contributed by atoms with Crippen molar-refractivity contribution in [3.63, 3.8) is 0 Å². The maximum atomic E-state index is 14.8. The molecule has 38 heavy (non-hydrogen) atoms. The molecule has 0 bridgehead atoms. The van der Waals surface area contributed by atoms with Crippen LogP contribution in [-0.2, 0) is 26.3 Å². The van der Waals surface area contributed by atoms with E-state index in [2.05, 4.69) is 5.32 Å². The van der Waals surface area contributed by atoms with Gasteiger partial charge in [-0.3, -0.25) is 9.59 Å². The molecule has 1 fully saturated rings. The molecule has 0 heterocycles. The molecule has 12 heteroatoms. The van der Waals surface area contributed by atoms with Crippen molar-refractivity contribution in [2.24, 2.45) is 0 Å². The zero-order chi connectivity index (χ0) is 28.0. The van der Waals surface area contributed by atoms with Gasteiger partial charge in [0.05, 0.1) is 5.69 Å². The molecule has 1 saturated carbocycles. The quantitative estimate of drug-likeness (QED) is 0.416. The Bertz CT molecular complexity index is 1260. The van der Waals surface area contributed by atoms with Gasteiger partial charge in [-0.15, -0.1) is 0 Å². The average Bonchev–Trinajstić information content (AvgIpc) is 3.37. The Morgan fingerprint density at radius 2 is 1.76 bits per heavy atom. The number of benzene rings is 2. The Kier molecular flexibility index (Phi) is 10.4. The Balaban J connectivity index is 2.00. The standard InChI is InChI=1S/C26H33Cl2FN4O4S/c1-4-23(26(35)30-20-9-5-6-10-20)32(16-18-13-14-19(27)15-21(18)28)25(34)17-33(38(36,37)31(2)3)24-12-8-7-11-22(24)29/h7-8,11-15,20,23H,4-6,9-10,16-17H2,1-3H3,(H,30,35)/t23-/m1/s1. The summed E-state index contributed by atoms with van der Waals surface area (Å²) in [4.78, 5) is 28.5. The van der Waals surface area contributed by atoms with E-state index in [1.807, 2.05) is 0 Å². The van der Waals surface area contributed by atoms with Gasteiger partial charge in [0.2, 0.25) is 11.8 Å². The normalized spacial score (nSPS) is 14.9. The molecule has 1 aliphatic rings. The summed E-state index contributed by atoms with van der Waals surface area (Å²) in [5.41, 5.74) is 0.256. The predicted octanol–water partition coefficient (Wildman–Crippen LogP) is 4.61. The summed E-state index contributed by atoms with van der Waals surface area (Å²) in [6.45, 7) is 0.978. The average molecular weight is 588 g/mol. The summed E-state index contributed by atoms with van der Waals surface area (Å²) in [5, 5.41) is 3.74. The number of carbonyl (C=O) groups is 2. The van der Waals surface area contributed by atoms with E-state index >= 15 is 0 Å². The van der Waals surface area contributed by atoms with Gasteiger partial charge in [-0.2, -0.15) is 12.7 Å². The van der Waals surface area contributed by atoms with Crippen molar-refractivity contribution in [1.82, 2.24) is 14.5 Å². The van der Waals surface area contributed by atoms with Gasteiger partial charge >= 0.3 is 10.2 Å². The number of hydrogen-bond donors (Lipinski definition) is 1. The lowest BCUT2D eigenvalue weighted by Gasteiger charge is -2.34. The van der Waals surface area contributed by atoms with Crippen molar-refractivity contribution in [2.45, 2.75) is 57.7 Å². The maximum absolute atomic E-state index is 14.8. The lowest BCUT2D eigenvalue weighted by Crippen LogP contribution is -2.54. The number of para-hydroxylation sites is 1. The molecule has 1 atom stereocenters. The molecule has 0 aliphatic heterocycles. The first-order chi connectivity index (χ1) is 17.9. The van der Waals surface area contributed by atoms with Gasteiger partial charge < -0.3 is 10.2 Å². The fourth-order valence-electron chi connectivity index (χ4n) is 4.48. The van der Waals surface area contributed by atoms with Crippen molar-refractivity contribution in [3.05, 3.63) is 63.9 Å².